The van der Waals surface area contributed by atoms with Crippen molar-refractivity contribution < 1.29 is 0 Å². The second-order valence-corrected chi connectivity index (χ2v) is 5.91. The lowest BCUT2D eigenvalue weighted by molar-refractivity contribution is 1.45. The molecule has 0 aliphatic carbocycles. The van der Waals surface area contributed by atoms with E-state index in [0.717, 1.165) is 16.9 Å². The molecule has 2 aromatic rings. The summed E-state index contributed by atoms with van der Waals surface area (Å²) in [5, 5.41) is 8.29. The zero-order valence-electron chi connectivity index (χ0n) is 10.5. The summed E-state index contributed by atoms with van der Waals surface area (Å²) in [4.78, 5) is 0. The van der Waals surface area contributed by atoms with Crippen molar-refractivity contribution in [2.75, 3.05) is 10.6 Å². The van der Waals surface area contributed by atoms with Gasteiger partial charge in [-0.15, -0.1) is 0 Å². The first-order valence-electron chi connectivity index (χ1n) is 5.74. The minimum atomic E-state index is 0.439. The molecule has 2 aromatic carbocycles. The van der Waals surface area contributed by atoms with Crippen LogP contribution in [0.1, 0.15) is 5.56 Å². The number of hydrogen-bond donors (Lipinski definition) is 2. The van der Waals surface area contributed by atoms with E-state index < -0.39 is 0 Å². The van der Waals surface area contributed by atoms with Gasteiger partial charge in [-0.3, -0.25) is 0 Å². The molecule has 0 radical (unpaired) electrons. The predicted octanol–water partition coefficient (Wildman–Crippen LogP) is 5.76. The van der Waals surface area contributed by atoms with E-state index in [1.54, 1.807) is 18.2 Å². The van der Waals surface area contributed by atoms with Crippen molar-refractivity contribution in [3.63, 3.8) is 0 Å². The molecule has 0 aliphatic rings. The molecule has 0 heterocycles. The van der Waals surface area contributed by atoms with Crippen molar-refractivity contribution in [2.24, 2.45) is 0 Å². The standard InChI is InChI=1S/C14H11Cl3N2S/c1-8-2-3-9(15)7-13(8)19-14(20)18-12-5-10(16)4-11(17)6-12/h2-7H,1H3,(H2,18,19,20). The lowest BCUT2D eigenvalue weighted by atomic mass is 10.2. The van der Waals surface area contributed by atoms with Crippen molar-refractivity contribution in [3.05, 3.63) is 57.0 Å². The van der Waals surface area contributed by atoms with Crippen LogP contribution in [0, 0.1) is 6.92 Å². The van der Waals surface area contributed by atoms with E-state index in [4.69, 9.17) is 47.0 Å². The van der Waals surface area contributed by atoms with Gasteiger partial charge >= 0.3 is 0 Å². The van der Waals surface area contributed by atoms with Crippen molar-refractivity contribution in [1.82, 2.24) is 0 Å². The first-order chi connectivity index (χ1) is 9.44. The van der Waals surface area contributed by atoms with E-state index in [1.165, 1.54) is 0 Å². The van der Waals surface area contributed by atoms with Crippen molar-refractivity contribution in [2.45, 2.75) is 6.92 Å². The van der Waals surface area contributed by atoms with Crippen LogP contribution in [0.15, 0.2) is 36.4 Å². The second kappa shape index (κ2) is 6.64. The van der Waals surface area contributed by atoms with Gasteiger partial charge in [0.05, 0.1) is 0 Å². The summed E-state index contributed by atoms with van der Waals surface area (Å²) in [5.74, 6) is 0. The number of thiocarbonyl (C=S) groups is 1. The third-order valence-electron chi connectivity index (χ3n) is 2.57. The summed E-state index contributed by atoms with van der Waals surface area (Å²) < 4.78 is 0. The molecule has 0 atom stereocenters. The van der Waals surface area contributed by atoms with Gasteiger partial charge < -0.3 is 10.6 Å². The van der Waals surface area contributed by atoms with Crippen LogP contribution in [0.3, 0.4) is 0 Å². The van der Waals surface area contributed by atoms with Crippen LogP contribution in [0.4, 0.5) is 11.4 Å². The Labute approximate surface area is 138 Å². The molecule has 2 nitrogen and oxygen atoms in total. The summed E-state index contributed by atoms with van der Waals surface area (Å²) in [6.07, 6.45) is 0. The lowest BCUT2D eigenvalue weighted by Crippen LogP contribution is -2.19. The van der Waals surface area contributed by atoms with Crippen LogP contribution < -0.4 is 10.6 Å². The van der Waals surface area contributed by atoms with Crippen molar-refractivity contribution in [3.8, 4) is 0 Å². The summed E-state index contributed by atoms with van der Waals surface area (Å²) >= 11 is 23.1. The summed E-state index contributed by atoms with van der Waals surface area (Å²) in [6, 6.07) is 10.7. The third kappa shape index (κ3) is 4.25. The molecule has 0 bridgehead atoms. The maximum atomic E-state index is 5.96. The number of nitrogens with one attached hydrogen (secondary N) is 2. The zero-order chi connectivity index (χ0) is 14.7. The van der Waals surface area contributed by atoms with E-state index in [9.17, 15) is 0 Å². The molecule has 6 heteroatoms. The molecule has 2 rings (SSSR count). The van der Waals surface area contributed by atoms with Gasteiger partial charge in [-0.05, 0) is 55.0 Å². The molecule has 0 unspecified atom stereocenters. The maximum absolute atomic E-state index is 5.96. The first-order valence-corrected chi connectivity index (χ1v) is 7.28. The second-order valence-electron chi connectivity index (χ2n) is 4.20. The molecule has 0 saturated heterocycles. The fraction of sp³-hybridized carbons (Fsp3) is 0.0714. The number of anilines is 2. The Morgan fingerprint density at radius 1 is 0.900 bits per heavy atom. The third-order valence-corrected chi connectivity index (χ3v) is 3.44. The number of aryl methyl sites for hydroxylation is 1. The Morgan fingerprint density at radius 3 is 2.20 bits per heavy atom. The molecule has 0 aromatic heterocycles. The highest BCUT2D eigenvalue weighted by atomic mass is 35.5. The van der Waals surface area contributed by atoms with Gasteiger partial charge in [0.25, 0.3) is 0 Å². The summed E-state index contributed by atoms with van der Waals surface area (Å²) in [6.45, 7) is 1.97. The minimum Gasteiger partial charge on any atom is -0.332 e. The molecular weight excluding hydrogens is 335 g/mol. The molecular formula is C14H11Cl3N2S. The topological polar surface area (TPSA) is 24.1 Å². The average Bonchev–Trinajstić information content (AvgIpc) is 2.32. The van der Waals surface area contributed by atoms with Gasteiger partial charge in [0.1, 0.15) is 0 Å². The zero-order valence-corrected chi connectivity index (χ0v) is 13.6. The van der Waals surface area contributed by atoms with Gasteiger partial charge in [0, 0.05) is 26.4 Å². The normalized spacial score (nSPS) is 10.2. The van der Waals surface area contributed by atoms with Crippen LogP contribution in [0.2, 0.25) is 15.1 Å². The fourth-order valence-electron chi connectivity index (χ4n) is 1.64. The van der Waals surface area contributed by atoms with Crippen molar-refractivity contribution >= 4 is 63.5 Å². The van der Waals surface area contributed by atoms with Gasteiger partial charge in [-0.1, -0.05) is 40.9 Å². The quantitative estimate of drug-likeness (QED) is 0.676. The molecule has 0 spiro atoms. The summed E-state index contributed by atoms with van der Waals surface area (Å²) in [7, 11) is 0. The monoisotopic (exact) mass is 344 g/mol. The highest BCUT2D eigenvalue weighted by Crippen LogP contribution is 2.23. The van der Waals surface area contributed by atoms with E-state index >= 15 is 0 Å². The van der Waals surface area contributed by atoms with Gasteiger partial charge in [0.2, 0.25) is 0 Å². The Bertz CT molecular complexity index is 639. The SMILES string of the molecule is Cc1ccc(Cl)cc1NC(=S)Nc1cc(Cl)cc(Cl)c1. The summed E-state index contributed by atoms with van der Waals surface area (Å²) in [5.41, 5.74) is 2.62. The lowest BCUT2D eigenvalue weighted by Gasteiger charge is -2.13. The number of rotatable bonds is 2. The van der Waals surface area contributed by atoms with E-state index in [1.807, 2.05) is 25.1 Å². The van der Waals surface area contributed by atoms with Crippen LogP contribution in [-0.4, -0.2) is 5.11 Å². The number of hydrogen-bond acceptors (Lipinski definition) is 1. The fourth-order valence-corrected chi connectivity index (χ4v) is 2.57. The van der Waals surface area contributed by atoms with Crippen LogP contribution in [-0.2, 0) is 0 Å². The highest BCUT2D eigenvalue weighted by molar-refractivity contribution is 7.80. The van der Waals surface area contributed by atoms with Crippen LogP contribution >= 0.6 is 47.0 Å². The molecule has 104 valence electrons. The van der Waals surface area contributed by atoms with E-state index in [2.05, 4.69) is 10.6 Å². The van der Waals surface area contributed by atoms with Crippen LogP contribution in [0.5, 0.6) is 0 Å². The minimum absolute atomic E-state index is 0.439. The molecule has 0 aliphatic heterocycles. The van der Waals surface area contributed by atoms with Crippen molar-refractivity contribution in [1.29, 1.82) is 0 Å². The molecule has 0 saturated carbocycles. The van der Waals surface area contributed by atoms with E-state index in [-0.39, 0.29) is 0 Å². The van der Waals surface area contributed by atoms with Gasteiger partial charge in [-0.2, -0.15) is 0 Å². The Kier molecular flexibility index (Phi) is 5.11. The molecule has 2 N–H and O–H groups in total. The predicted molar refractivity (Wildman–Crippen MR) is 92.5 cm³/mol. The molecule has 20 heavy (non-hydrogen) atoms. The Hall–Kier alpha value is -1.000. The molecule has 0 amide bonds. The number of benzene rings is 2. The smallest absolute Gasteiger partial charge is 0.175 e. The average molecular weight is 346 g/mol. The Morgan fingerprint density at radius 2 is 1.55 bits per heavy atom. The maximum Gasteiger partial charge on any atom is 0.175 e. The highest BCUT2D eigenvalue weighted by Gasteiger charge is 2.04. The van der Waals surface area contributed by atoms with Gasteiger partial charge in [0.15, 0.2) is 5.11 Å². The molecule has 0 fully saturated rings. The number of halogens is 3. The van der Waals surface area contributed by atoms with Gasteiger partial charge in [-0.25, -0.2) is 0 Å². The first kappa shape index (κ1) is 15.4. The van der Waals surface area contributed by atoms with E-state index in [0.29, 0.717) is 20.2 Å². The largest absolute Gasteiger partial charge is 0.332 e. The Balaban J connectivity index is 2.11. The van der Waals surface area contributed by atoms with Crippen LogP contribution in [0.25, 0.3) is 0 Å².